The number of hydrogen-bond donors (Lipinski definition) is 1. The van der Waals surface area contributed by atoms with Crippen molar-refractivity contribution in [3.05, 3.63) is 15.0 Å². The molecule has 0 saturated carbocycles. The first-order chi connectivity index (χ1) is 6.11. The van der Waals surface area contributed by atoms with Gasteiger partial charge in [-0.1, -0.05) is 0 Å². The third-order valence-electron chi connectivity index (χ3n) is 1.54. The Balaban J connectivity index is 3.39. The van der Waals surface area contributed by atoms with Crippen molar-refractivity contribution in [2.75, 3.05) is 14.2 Å². The van der Waals surface area contributed by atoms with Gasteiger partial charge < -0.3 is 14.6 Å². The fourth-order valence-electron chi connectivity index (χ4n) is 0.913. The summed E-state index contributed by atoms with van der Waals surface area (Å²) in [5.74, 6) is 0.707. The molecule has 0 aliphatic rings. The van der Waals surface area contributed by atoms with Crippen molar-refractivity contribution in [3.63, 3.8) is 0 Å². The Morgan fingerprint density at radius 1 is 1.23 bits per heavy atom. The molecule has 72 valence electrons. The number of phenols is 1. The summed E-state index contributed by atoms with van der Waals surface area (Å²) in [4.78, 5) is 0. The molecule has 0 unspecified atom stereocenters. The van der Waals surface area contributed by atoms with Crippen LogP contribution >= 0.6 is 31.9 Å². The van der Waals surface area contributed by atoms with E-state index in [1.807, 2.05) is 0 Å². The molecule has 1 aromatic carbocycles. The predicted molar refractivity (Wildman–Crippen MR) is 56.6 cm³/mol. The van der Waals surface area contributed by atoms with Crippen LogP contribution < -0.4 is 9.47 Å². The van der Waals surface area contributed by atoms with Crippen LogP contribution in [0.2, 0.25) is 0 Å². The van der Waals surface area contributed by atoms with E-state index < -0.39 is 0 Å². The van der Waals surface area contributed by atoms with E-state index in [0.717, 1.165) is 4.47 Å². The molecule has 1 aromatic rings. The molecule has 0 aliphatic carbocycles. The van der Waals surface area contributed by atoms with Gasteiger partial charge in [0.25, 0.3) is 0 Å². The minimum Gasteiger partial charge on any atom is -0.502 e. The number of methoxy groups -OCH3 is 2. The van der Waals surface area contributed by atoms with Crippen LogP contribution in [0.15, 0.2) is 15.0 Å². The topological polar surface area (TPSA) is 38.7 Å². The van der Waals surface area contributed by atoms with E-state index in [0.29, 0.717) is 16.0 Å². The lowest BCUT2D eigenvalue weighted by Gasteiger charge is -2.10. The molecular weight excluding hydrogens is 304 g/mol. The highest BCUT2D eigenvalue weighted by atomic mass is 79.9. The summed E-state index contributed by atoms with van der Waals surface area (Å²) in [6.07, 6.45) is 0. The molecule has 0 fully saturated rings. The summed E-state index contributed by atoms with van der Waals surface area (Å²) in [6.45, 7) is 0. The molecule has 0 atom stereocenters. The van der Waals surface area contributed by atoms with Crippen molar-refractivity contribution in [3.8, 4) is 17.2 Å². The van der Waals surface area contributed by atoms with E-state index >= 15 is 0 Å². The number of aromatic hydroxyl groups is 1. The predicted octanol–water partition coefficient (Wildman–Crippen LogP) is 2.93. The highest BCUT2D eigenvalue weighted by molar-refractivity contribution is 9.13. The Morgan fingerprint density at radius 2 is 1.85 bits per heavy atom. The number of rotatable bonds is 2. The fourth-order valence-corrected chi connectivity index (χ4v) is 1.77. The number of halogens is 2. The van der Waals surface area contributed by atoms with Crippen LogP contribution in [0.5, 0.6) is 17.2 Å². The quantitative estimate of drug-likeness (QED) is 0.912. The molecule has 0 aromatic heterocycles. The Bertz CT molecular complexity index is 326. The number of ether oxygens (including phenoxy) is 2. The van der Waals surface area contributed by atoms with Crippen LogP contribution in [0.1, 0.15) is 0 Å². The fraction of sp³-hybridized carbons (Fsp3) is 0.250. The van der Waals surface area contributed by atoms with Crippen LogP contribution in [0.4, 0.5) is 0 Å². The van der Waals surface area contributed by atoms with Crippen molar-refractivity contribution in [1.29, 1.82) is 0 Å². The summed E-state index contributed by atoms with van der Waals surface area (Å²) in [6, 6.07) is 1.65. The first kappa shape index (κ1) is 10.7. The van der Waals surface area contributed by atoms with E-state index in [1.165, 1.54) is 14.2 Å². The lowest BCUT2D eigenvalue weighted by atomic mass is 10.3. The van der Waals surface area contributed by atoms with Crippen LogP contribution in [0.25, 0.3) is 0 Å². The third kappa shape index (κ3) is 1.91. The molecule has 13 heavy (non-hydrogen) atoms. The smallest absolute Gasteiger partial charge is 0.202 e. The number of hydrogen-bond acceptors (Lipinski definition) is 3. The Hall–Kier alpha value is -0.420. The van der Waals surface area contributed by atoms with Gasteiger partial charge in [-0.3, -0.25) is 0 Å². The van der Waals surface area contributed by atoms with Crippen molar-refractivity contribution in [2.24, 2.45) is 0 Å². The average Bonchev–Trinajstić information content (AvgIpc) is 2.12. The van der Waals surface area contributed by atoms with E-state index in [4.69, 9.17) is 9.47 Å². The zero-order valence-corrected chi connectivity index (χ0v) is 10.3. The normalized spacial score (nSPS) is 9.85. The summed E-state index contributed by atoms with van der Waals surface area (Å²) < 4.78 is 11.4. The highest BCUT2D eigenvalue weighted by Crippen LogP contribution is 2.45. The first-order valence-electron chi connectivity index (χ1n) is 3.40. The van der Waals surface area contributed by atoms with Gasteiger partial charge in [0.2, 0.25) is 5.75 Å². The SMILES string of the molecule is COc1cc(Br)c(Br)c(OC)c1O. The Labute approximate surface area is 92.9 Å². The second-order valence-corrected chi connectivity index (χ2v) is 3.90. The zero-order chi connectivity index (χ0) is 10.0. The minimum atomic E-state index is -0.0138. The van der Waals surface area contributed by atoms with Gasteiger partial charge in [-0.2, -0.15) is 0 Å². The van der Waals surface area contributed by atoms with Crippen LogP contribution in [-0.4, -0.2) is 19.3 Å². The molecule has 0 aliphatic heterocycles. The summed E-state index contributed by atoms with van der Waals surface area (Å²) in [5, 5.41) is 9.59. The molecule has 1 N–H and O–H groups in total. The van der Waals surface area contributed by atoms with Gasteiger partial charge in [-0.25, -0.2) is 0 Å². The van der Waals surface area contributed by atoms with E-state index in [2.05, 4.69) is 31.9 Å². The molecule has 3 nitrogen and oxygen atoms in total. The highest BCUT2D eigenvalue weighted by Gasteiger charge is 2.15. The maximum atomic E-state index is 9.59. The van der Waals surface area contributed by atoms with Crippen LogP contribution in [0, 0.1) is 0 Å². The van der Waals surface area contributed by atoms with Gasteiger partial charge in [0.15, 0.2) is 11.5 Å². The second kappa shape index (κ2) is 4.19. The van der Waals surface area contributed by atoms with E-state index in [1.54, 1.807) is 6.07 Å². The molecule has 0 amide bonds. The Kier molecular flexibility index (Phi) is 3.44. The number of phenolic OH excluding ortho intramolecular Hbond substituents is 1. The third-order valence-corrected chi connectivity index (χ3v) is 3.48. The molecular formula is C8H8Br2O3. The van der Waals surface area contributed by atoms with Gasteiger partial charge in [-0.15, -0.1) is 0 Å². The van der Waals surface area contributed by atoms with Gasteiger partial charge >= 0.3 is 0 Å². The van der Waals surface area contributed by atoms with Crippen molar-refractivity contribution in [1.82, 2.24) is 0 Å². The molecule has 0 bridgehead atoms. The molecule has 5 heteroatoms. The van der Waals surface area contributed by atoms with Gasteiger partial charge in [0.1, 0.15) is 0 Å². The first-order valence-corrected chi connectivity index (χ1v) is 4.99. The minimum absolute atomic E-state index is 0.0138. The molecule has 0 saturated heterocycles. The average molecular weight is 312 g/mol. The second-order valence-electron chi connectivity index (χ2n) is 2.26. The van der Waals surface area contributed by atoms with Crippen molar-refractivity contribution >= 4 is 31.9 Å². The molecule has 0 spiro atoms. The van der Waals surface area contributed by atoms with Crippen molar-refractivity contribution in [2.45, 2.75) is 0 Å². The van der Waals surface area contributed by atoms with Gasteiger partial charge in [-0.05, 0) is 37.9 Å². The molecule has 0 radical (unpaired) electrons. The van der Waals surface area contributed by atoms with Gasteiger partial charge in [0.05, 0.1) is 18.7 Å². The summed E-state index contributed by atoms with van der Waals surface area (Å²) >= 11 is 6.56. The van der Waals surface area contributed by atoms with Crippen LogP contribution in [-0.2, 0) is 0 Å². The Morgan fingerprint density at radius 3 is 2.31 bits per heavy atom. The monoisotopic (exact) mass is 310 g/mol. The number of benzene rings is 1. The lowest BCUT2D eigenvalue weighted by molar-refractivity contribution is 0.338. The van der Waals surface area contributed by atoms with E-state index in [-0.39, 0.29) is 5.75 Å². The van der Waals surface area contributed by atoms with Crippen molar-refractivity contribution < 1.29 is 14.6 Å². The maximum absolute atomic E-state index is 9.59. The maximum Gasteiger partial charge on any atom is 0.202 e. The molecule has 1 rings (SSSR count). The van der Waals surface area contributed by atoms with Gasteiger partial charge in [0, 0.05) is 4.47 Å². The zero-order valence-electron chi connectivity index (χ0n) is 7.10. The standard InChI is InChI=1S/C8H8Br2O3/c1-12-5-3-4(9)6(10)8(13-2)7(5)11/h3,11H,1-2H3. The summed E-state index contributed by atoms with van der Waals surface area (Å²) in [5.41, 5.74) is 0. The largest absolute Gasteiger partial charge is 0.502 e. The van der Waals surface area contributed by atoms with E-state index in [9.17, 15) is 5.11 Å². The summed E-state index contributed by atoms with van der Waals surface area (Å²) in [7, 11) is 2.96. The molecule has 0 heterocycles. The van der Waals surface area contributed by atoms with Crippen LogP contribution in [0.3, 0.4) is 0 Å². The lowest BCUT2D eigenvalue weighted by Crippen LogP contribution is -1.90.